The largest absolute Gasteiger partial charge is 0.495 e. The predicted octanol–water partition coefficient (Wildman–Crippen LogP) is 3.40. The quantitative estimate of drug-likeness (QED) is 0.681. The van der Waals surface area contributed by atoms with E-state index in [-0.39, 0.29) is 11.5 Å². The summed E-state index contributed by atoms with van der Waals surface area (Å²) in [6.45, 7) is 3.80. The maximum atomic E-state index is 12.7. The number of halogens is 1. The molecule has 6 heteroatoms. The van der Waals surface area contributed by atoms with Crippen LogP contribution in [0, 0.1) is 11.8 Å². The fraction of sp³-hybridized carbons (Fsp3) is 0.650. The number of likely N-dealkylation sites (tertiary alicyclic amines) is 1. The smallest absolute Gasteiger partial charge is 0.254 e. The Balaban J connectivity index is 1.31. The van der Waals surface area contributed by atoms with Crippen molar-refractivity contribution in [3.05, 3.63) is 28.8 Å². The third-order valence-corrected chi connectivity index (χ3v) is 6.16. The van der Waals surface area contributed by atoms with E-state index >= 15 is 0 Å². The predicted molar refractivity (Wildman–Crippen MR) is 98.9 cm³/mol. The molecular weight excluding hydrogens is 354 g/mol. The average Bonchev–Trinajstić information content (AvgIpc) is 3.34. The van der Waals surface area contributed by atoms with Crippen LogP contribution in [-0.4, -0.2) is 56.4 Å². The van der Waals surface area contributed by atoms with Gasteiger partial charge >= 0.3 is 0 Å². The fourth-order valence-corrected chi connectivity index (χ4v) is 4.29. The Morgan fingerprint density at radius 3 is 2.85 bits per heavy atom. The summed E-state index contributed by atoms with van der Waals surface area (Å²) in [7, 11) is 1.56. The molecule has 2 heterocycles. The van der Waals surface area contributed by atoms with Crippen LogP contribution in [0.25, 0.3) is 0 Å². The molecule has 3 fully saturated rings. The lowest BCUT2D eigenvalue weighted by Crippen LogP contribution is -2.66. The van der Waals surface area contributed by atoms with E-state index in [1.807, 2.05) is 4.90 Å². The fourth-order valence-electron chi connectivity index (χ4n) is 4.03. The number of methoxy groups -OCH3 is 1. The van der Waals surface area contributed by atoms with E-state index in [0.29, 0.717) is 35.3 Å². The van der Waals surface area contributed by atoms with Gasteiger partial charge < -0.3 is 19.1 Å². The highest BCUT2D eigenvalue weighted by Gasteiger charge is 2.54. The number of rotatable bonds is 7. The van der Waals surface area contributed by atoms with Gasteiger partial charge in [-0.3, -0.25) is 4.79 Å². The maximum absolute atomic E-state index is 12.7. The zero-order valence-electron chi connectivity index (χ0n) is 15.2. The number of hydrogen-bond acceptors (Lipinski definition) is 4. The van der Waals surface area contributed by atoms with Crippen LogP contribution < -0.4 is 4.74 Å². The van der Waals surface area contributed by atoms with E-state index in [9.17, 15) is 4.79 Å². The van der Waals surface area contributed by atoms with Crippen molar-refractivity contribution in [1.29, 1.82) is 0 Å². The Hall–Kier alpha value is -1.30. The third-order valence-electron chi connectivity index (χ3n) is 5.86. The summed E-state index contributed by atoms with van der Waals surface area (Å²) >= 11 is 6.15. The van der Waals surface area contributed by atoms with Gasteiger partial charge in [0.2, 0.25) is 0 Å². The van der Waals surface area contributed by atoms with Crippen molar-refractivity contribution in [3.8, 4) is 5.75 Å². The Morgan fingerprint density at radius 2 is 2.15 bits per heavy atom. The molecule has 1 aromatic rings. The van der Waals surface area contributed by atoms with Gasteiger partial charge in [-0.2, -0.15) is 0 Å². The molecule has 0 unspecified atom stereocenters. The highest BCUT2D eigenvalue weighted by atomic mass is 35.5. The summed E-state index contributed by atoms with van der Waals surface area (Å²) in [6.07, 6.45) is 4.72. The number of nitrogens with zero attached hydrogens (tertiary/aromatic N) is 1. The van der Waals surface area contributed by atoms with Crippen molar-refractivity contribution in [2.45, 2.75) is 31.3 Å². The Kier molecular flexibility index (Phi) is 5.13. The minimum Gasteiger partial charge on any atom is -0.495 e. The first-order valence-electron chi connectivity index (χ1n) is 9.46. The van der Waals surface area contributed by atoms with E-state index in [4.69, 9.17) is 25.8 Å². The van der Waals surface area contributed by atoms with Gasteiger partial charge in [-0.05, 0) is 55.7 Å². The molecule has 1 aromatic carbocycles. The monoisotopic (exact) mass is 379 g/mol. The minimum absolute atomic E-state index is 0.000545. The Morgan fingerprint density at radius 1 is 1.35 bits per heavy atom. The molecule has 1 aliphatic carbocycles. The zero-order chi connectivity index (χ0) is 18.1. The normalized spacial score (nSPS) is 23.9. The molecule has 4 rings (SSSR count). The van der Waals surface area contributed by atoms with Gasteiger partial charge in [0.25, 0.3) is 5.91 Å². The summed E-state index contributed by atoms with van der Waals surface area (Å²) in [5.41, 5.74) is 0.419. The summed E-state index contributed by atoms with van der Waals surface area (Å²) in [5.74, 6) is 1.86. The second-order valence-corrected chi connectivity index (χ2v) is 8.12. The molecule has 2 saturated heterocycles. The number of ether oxygens (including phenoxy) is 3. The van der Waals surface area contributed by atoms with Crippen molar-refractivity contribution < 1.29 is 19.0 Å². The van der Waals surface area contributed by atoms with E-state index < -0.39 is 0 Å². The van der Waals surface area contributed by atoms with E-state index in [0.717, 1.165) is 38.6 Å². The number of carbonyl (C=O) groups is 1. The molecule has 0 bridgehead atoms. The summed E-state index contributed by atoms with van der Waals surface area (Å²) < 4.78 is 17.0. The molecule has 26 heavy (non-hydrogen) atoms. The minimum atomic E-state index is -0.172. The molecule has 2 aliphatic heterocycles. The molecule has 1 amide bonds. The van der Waals surface area contributed by atoms with Gasteiger partial charge in [0.15, 0.2) is 0 Å². The third kappa shape index (κ3) is 3.57. The molecule has 1 atom stereocenters. The number of carbonyl (C=O) groups excluding carboxylic acids is 1. The lowest BCUT2D eigenvalue weighted by atomic mass is 9.79. The highest BCUT2D eigenvalue weighted by molar-refractivity contribution is 6.32. The van der Waals surface area contributed by atoms with Crippen LogP contribution in [0.3, 0.4) is 0 Å². The Labute approximate surface area is 159 Å². The van der Waals surface area contributed by atoms with Gasteiger partial charge in [0.1, 0.15) is 11.4 Å². The van der Waals surface area contributed by atoms with Crippen molar-refractivity contribution >= 4 is 17.5 Å². The van der Waals surface area contributed by atoms with Crippen LogP contribution in [0.5, 0.6) is 5.75 Å². The molecule has 5 nitrogen and oxygen atoms in total. The molecule has 142 valence electrons. The van der Waals surface area contributed by atoms with Gasteiger partial charge in [-0.1, -0.05) is 11.6 Å². The molecule has 1 spiro atoms. The van der Waals surface area contributed by atoms with E-state index in [1.54, 1.807) is 25.3 Å². The lowest BCUT2D eigenvalue weighted by molar-refractivity contribution is -0.120. The second kappa shape index (κ2) is 7.37. The van der Waals surface area contributed by atoms with Crippen molar-refractivity contribution in [2.24, 2.45) is 11.8 Å². The number of hydrogen-bond donors (Lipinski definition) is 0. The van der Waals surface area contributed by atoms with E-state index in [2.05, 4.69) is 0 Å². The van der Waals surface area contributed by atoms with Gasteiger partial charge in [0, 0.05) is 25.4 Å². The topological polar surface area (TPSA) is 48.0 Å². The molecule has 0 radical (unpaired) electrons. The Bertz CT molecular complexity index is 670. The first-order valence-corrected chi connectivity index (χ1v) is 9.83. The van der Waals surface area contributed by atoms with Crippen LogP contribution in [-0.2, 0) is 9.47 Å². The van der Waals surface area contributed by atoms with Gasteiger partial charge in [-0.15, -0.1) is 0 Å². The van der Waals surface area contributed by atoms with Crippen LogP contribution in [0.4, 0.5) is 0 Å². The maximum Gasteiger partial charge on any atom is 0.254 e. The summed E-state index contributed by atoms with van der Waals surface area (Å²) in [6, 6.07) is 5.17. The first-order chi connectivity index (χ1) is 12.6. The molecule has 1 saturated carbocycles. The zero-order valence-corrected chi connectivity index (χ0v) is 16.0. The summed E-state index contributed by atoms with van der Waals surface area (Å²) in [5, 5.41) is 0.455. The lowest BCUT2D eigenvalue weighted by Gasteiger charge is -2.50. The number of benzene rings is 1. The first kappa shape index (κ1) is 18.1. The molecule has 3 aliphatic rings. The van der Waals surface area contributed by atoms with E-state index in [1.165, 1.54) is 12.8 Å². The van der Waals surface area contributed by atoms with Crippen LogP contribution in [0.2, 0.25) is 5.02 Å². The number of amides is 1. The van der Waals surface area contributed by atoms with Crippen LogP contribution >= 0.6 is 11.6 Å². The summed E-state index contributed by atoms with van der Waals surface area (Å²) in [4.78, 5) is 14.6. The van der Waals surface area contributed by atoms with Crippen LogP contribution in [0.15, 0.2) is 18.2 Å². The highest BCUT2D eigenvalue weighted by Crippen LogP contribution is 2.42. The van der Waals surface area contributed by atoms with Crippen molar-refractivity contribution in [2.75, 3.05) is 40.0 Å². The van der Waals surface area contributed by atoms with Gasteiger partial charge in [0.05, 0.1) is 25.2 Å². The van der Waals surface area contributed by atoms with Crippen LogP contribution in [0.1, 0.15) is 36.0 Å². The molecule has 0 aromatic heterocycles. The standard InChI is InChI=1S/C20H26ClNO4/c1-24-18-5-4-15(10-17(18)21)19(23)22-12-20(13-22)16(7-9-26-20)6-8-25-11-14-2-3-14/h4-5,10,14,16H,2-3,6-9,11-13H2,1H3/t16-/m1/s1. The SMILES string of the molecule is COc1ccc(C(=O)N2CC3(C2)OCC[C@H]3CCOCC2CC2)cc1Cl. The molecule has 0 N–H and O–H groups in total. The second-order valence-electron chi connectivity index (χ2n) is 7.72. The molecular formula is C20H26ClNO4. The van der Waals surface area contributed by atoms with Crippen molar-refractivity contribution in [3.63, 3.8) is 0 Å². The van der Waals surface area contributed by atoms with Crippen molar-refractivity contribution in [1.82, 2.24) is 4.90 Å². The van der Waals surface area contributed by atoms with Gasteiger partial charge in [-0.25, -0.2) is 0 Å². The average molecular weight is 380 g/mol.